The van der Waals surface area contributed by atoms with E-state index < -0.39 is 0 Å². The van der Waals surface area contributed by atoms with Gasteiger partial charge in [0.1, 0.15) is 0 Å². The minimum Gasteiger partial charge on any atom is -0.435 e. The van der Waals surface area contributed by atoms with E-state index in [4.69, 9.17) is 4.74 Å². The normalized spacial score (nSPS) is 23.4. The molecule has 84 valence electrons. The largest absolute Gasteiger partial charge is 0.435 e. The van der Waals surface area contributed by atoms with Crippen LogP contribution < -0.4 is 0 Å². The SMILES string of the molecule is CC(=O)O/C=C\[C@H]1C[C@H]1c1ccc(C)cc1. The molecule has 0 heterocycles. The van der Waals surface area contributed by atoms with Crippen molar-refractivity contribution >= 4 is 5.97 Å². The van der Waals surface area contributed by atoms with Crippen molar-refractivity contribution in [1.82, 2.24) is 0 Å². The lowest BCUT2D eigenvalue weighted by atomic mass is 10.1. The van der Waals surface area contributed by atoms with Gasteiger partial charge in [0.15, 0.2) is 0 Å². The number of allylic oxidation sites excluding steroid dienone is 1. The van der Waals surface area contributed by atoms with Crippen LogP contribution in [0, 0.1) is 12.8 Å². The maximum Gasteiger partial charge on any atom is 0.307 e. The second-order valence-corrected chi connectivity index (χ2v) is 4.35. The van der Waals surface area contributed by atoms with E-state index in [1.54, 1.807) is 0 Å². The van der Waals surface area contributed by atoms with Crippen LogP contribution in [0.15, 0.2) is 36.6 Å². The topological polar surface area (TPSA) is 26.3 Å². The summed E-state index contributed by atoms with van der Waals surface area (Å²) in [6.07, 6.45) is 4.65. The molecule has 0 unspecified atom stereocenters. The summed E-state index contributed by atoms with van der Waals surface area (Å²) in [6, 6.07) is 8.64. The maximum atomic E-state index is 10.6. The molecule has 0 aromatic heterocycles. The fraction of sp³-hybridized carbons (Fsp3) is 0.357. The summed E-state index contributed by atoms with van der Waals surface area (Å²) in [4.78, 5) is 10.6. The van der Waals surface area contributed by atoms with Crippen LogP contribution in [0.2, 0.25) is 0 Å². The number of aryl methyl sites for hydroxylation is 1. The maximum absolute atomic E-state index is 10.6. The van der Waals surface area contributed by atoms with Crippen LogP contribution in [0.5, 0.6) is 0 Å². The Hall–Kier alpha value is -1.57. The van der Waals surface area contributed by atoms with Crippen LogP contribution in [0.1, 0.15) is 30.4 Å². The van der Waals surface area contributed by atoms with Gasteiger partial charge < -0.3 is 4.74 Å². The first-order valence-corrected chi connectivity index (χ1v) is 5.57. The molecule has 1 saturated carbocycles. The van der Waals surface area contributed by atoms with Gasteiger partial charge in [-0.2, -0.15) is 0 Å². The molecular weight excluding hydrogens is 200 g/mol. The summed E-state index contributed by atoms with van der Waals surface area (Å²) >= 11 is 0. The molecule has 1 aliphatic carbocycles. The summed E-state index contributed by atoms with van der Waals surface area (Å²) in [5.41, 5.74) is 2.67. The molecule has 1 aromatic carbocycles. The van der Waals surface area contributed by atoms with Crippen molar-refractivity contribution in [2.45, 2.75) is 26.2 Å². The van der Waals surface area contributed by atoms with Crippen LogP contribution in [0.4, 0.5) is 0 Å². The van der Waals surface area contributed by atoms with E-state index in [0.717, 1.165) is 6.42 Å². The van der Waals surface area contributed by atoms with Crippen LogP contribution in [0.3, 0.4) is 0 Å². The Kier molecular flexibility index (Phi) is 3.09. The summed E-state index contributed by atoms with van der Waals surface area (Å²) in [5.74, 6) is 0.873. The molecule has 0 aliphatic heterocycles. The lowest BCUT2D eigenvalue weighted by molar-refractivity contribution is -0.135. The zero-order valence-corrected chi connectivity index (χ0v) is 9.64. The first kappa shape index (κ1) is 10.9. The fourth-order valence-corrected chi connectivity index (χ4v) is 1.86. The number of carbonyl (C=O) groups is 1. The Morgan fingerprint density at radius 1 is 1.38 bits per heavy atom. The second-order valence-electron chi connectivity index (χ2n) is 4.35. The van der Waals surface area contributed by atoms with Crippen molar-refractivity contribution < 1.29 is 9.53 Å². The van der Waals surface area contributed by atoms with Gasteiger partial charge in [-0.05, 0) is 36.8 Å². The molecule has 0 saturated heterocycles. The quantitative estimate of drug-likeness (QED) is 0.573. The minimum absolute atomic E-state index is 0.260. The molecule has 0 amide bonds. The second kappa shape index (κ2) is 4.52. The first-order chi connectivity index (χ1) is 7.66. The predicted octanol–water partition coefficient (Wildman–Crippen LogP) is 3.18. The van der Waals surface area contributed by atoms with Gasteiger partial charge in [0.25, 0.3) is 0 Å². The van der Waals surface area contributed by atoms with E-state index in [-0.39, 0.29) is 5.97 Å². The minimum atomic E-state index is -0.260. The molecule has 0 radical (unpaired) electrons. The van der Waals surface area contributed by atoms with Crippen molar-refractivity contribution in [3.63, 3.8) is 0 Å². The van der Waals surface area contributed by atoms with Crippen molar-refractivity contribution in [3.05, 3.63) is 47.7 Å². The van der Waals surface area contributed by atoms with Gasteiger partial charge in [0, 0.05) is 6.92 Å². The molecule has 2 heteroatoms. The van der Waals surface area contributed by atoms with Crippen molar-refractivity contribution in [1.29, 1.82) is 0 Å². The Labute approximate surface area is 95.9 Å². The third kappa shape index (κ3) is 2.72. The van der Waals surface area contributed by atoms with E-state index in [2.05, 4.69) is 31.2 Å². The standard InChI is InChI=1S/C14H16O2/c1-10-3-5-12(6-4-10)14-9-13(14)7-8-16-11(2)15/h3-8,13-14H,9H2,1-2H3/b8-7-/t13-,14-/m0/s1. The van der Waals surface area contributed by atoms with E-state index in [1.807, 2.05) is 6.08 Å². The zero-order chi connectivity index (χ0) is 11.5. The molecular formula is C14H16O2. The number of esters is 1. The molecule has 1 aromatic rings. The van der Waals surface area contributed by atoms with Gasteiger partial charge in [-0.25, -0.2) is 0 Å². The molecule has 0 spiro atoms. The van der Waals surface area contributed by atoms with Crippen molar-refractivity contribution in [2.75, 3.05) is 0 Å². The van der Waals surface area contributed by atoms with Gasteiger partial charge >= 0.3 is 5.97 Å². The molecule has 1 aliphatic rings. The third-order valence-electron chi connectivity index (χ3n) is 2.91. The number of rotatable bonds is 3. The van der Waals surface area contributed by atoms with Crippen LogP contribution in [-0.2, 0) is 9.53 Å². The van der Waals surface area contributed by atoms with E-state index in [9.17, 15) is 4.79 Å². The Bertz CT molecular complexity index is 403. The van der Waals surface area contributed by atoms with Crippen LogP contribution in [0.25, 0.3) is 0 Å². The highest BCUT2D eigenvalue weighted by Crippen LogP contribution is 2.48. The molecule has 2 rings (SSSR count). The van der Waals surface area contributed by atoms with Crippen molar-refractivity contribution in [3.8, 4) is 0 Å². The van der Waals surface area contributed by atoms with Crippen LogP contribution >= 0.6 is 0 Å². The lowest BCUT2D eigenvalue weighted by Gasteiger charge is -1.98. The highest BCUT2D eigenvalue weighted by molar-refractivity contribution is 5.66. The smallest absolute Gasteiger partial charge is 0.307 e. The predicted molar refractivity (Wildman–Crippen MR) is 62.9 cm³/mol. The van der Waals surface area contributed by atoms with Crippen LogP contribution in [-0.4, -0.2) is 5.97 Å². The van der Waals surface area contributed by atoms with Gasteiger partial charge in [0.05, 0.1) is 6.26 Å². The Morgan fingerprint density at radius 3 is 2.69 bits per heavy atom. The summed E-state index contributed by atoms with van der Waals surface area (Å²) in [6.45, 7) is 3.50. The highest BCUT2D eigenvalue weighted by Gasteiger charge is 2.36. The highest BCUT2D eigenvalue weighted by atomic mass is 16.5. The van der Waals surface area contributed by atoms with Gasteiger partial charge in [-0.3, -0.25) is 4.79 Å². The first-order valence-electron chi connectivity index (χ1n) is 5.57. The number of hydrogen-bond donors (Lipinski definition) is 0. The van der Waals surface area contributed by atoms with Gasteiger partial charge in [0.2, 0.25) is 0 Å². The van der Waals surface area contributed by atoms with E-state index >= 15 is 0 Å². The van der Waals surface area contributed by atoms with E-state index in [0.29, 0.717) is 11.8 Å². The number of carbonyl (C=O) groups excluding carboxylic acids is 1. The molecule has 1 fully saturated rings. The molecule has 16 heavy (non-hydrogen) atoms. The fourth-order valence-electron chi connectivity index (χ4n) is 1.86. The number of benzene rings is 1. The number of ether oxygens (including phenoxy) is 1. The molecule has 0 bridgehead atoms. The zero-order valence-electron chi connectivity index (χ0n) is 9.64. The molecule has 0 N–H and O–H groups in total. The lowest BCUT2D eigenvalue weighted by Crippen LogP contribution is -1.89. The van der Waals surface area contributed by atoms with Crippen molar-refractivity contribution in [2.24, 2.45) is 5.92 Å². The number of hydrogen-bond acceptors (Lipinski definition) is 2. The summed E-state index contributed by atoms with van der Waals surface area (Å²) in [5, 5.41) is 0. The van der Waals surface area contributed by atoms with Gasteiger partial charge in [-0.15, -0.1) is 0 Å². The summed E-state index contributed by atoms with van der Waals surface area (Å²) < 4.78 is 4.78. The average Bonchev–Trinajstić information content (AvgIpc) is 2.98. The summed E-state index contributed by atoms with van der Waals surface area (Å²) in [7, 11) is 0. The Balaban J connectivity index is 1.89. The molecule has 2 nitrogen and oxygen atoms in total. The molecule has 2 atom stereocenters. The third-order valence-corrected chi connectivity index (χ3v) is 2.91. The van der Waals surface area contributed by atoms with E-state index in [1.165, 1.54) is 24.3 Å². The van der Waals surface area contributed by atoms with Gasteiger partial charge in [-0.1, -0.05) is 29.8 Å². The monoisotopic (exact) mass is 216 g/mol. The average molecular weight is 216 g/mol. The Morgan fingerprint density at radius 2 is 2.06 bits per heavy atom.